The van der Waals surface area contributed by atoms with Crippen molar-refractivity contribution in [1.29, 1.82) is 0 Å². The van der Waals surface area contributed by atoms with E-state index in [1.54, 1.807) is 30.5 Å². The van der Waals surface area contributed by atoms with Crippen molar-refractivity contribution < 1.29 is 8.42 Å². The number of rotatable bonds is 6. The molecule has 0 unspecified atom stereocenters. The van der Waals surface area contributed by atoms with Crippen LogP contribution in [0.25, 0.3) is 0 Å². The van der Waals surface area contributed by atoms with Gasteiger partial charge in [0.05, 0.1) is 4.90 Å². The first-order valence-electron chi connectivity index (χ1n) is 6.62. The molecule has 0 bridgehead atoms. The Morgan fingerprint density at radius 3 is 2.47 bits per heavy atom. The first kappa shape index (κ1) is 13.9. The summed E-state index contributed by atoms with van der Waals surface area (Å²) >= 11 is 0. The molecule has 19 heavy (non-hydrogen) atoms. The third-order valence-corrected chi connectivity index (χ3v) is 4.97. The Hall–Kier alpha value is -1.55. The highest BCUT2D eigenvalue weighted by atomic mass is 32.2. The molecule has 0 saturated heterocycles. The molecule has 0 aliphatic carbocycles. The van der Waals surface area contributed by atoms with Crippen LogP contribution in [-0.4, -0.2) is 13.4 Å². The van der Waals surface area contributed by atoms with Crippen LogP contribution in [0.5, 0.6) is 0 Å². The molecular formula is C15H19NO2S. The van der Waals surface area contributed by atoms with Crippen LogP contribution in [0.4, 0.5) is 0 Å². The maximum Gasteiger partial charge on any atom is 0.222 e. The minimum Gasteiger partial charge on any atom is -0.352 e. The number of benzene rings is 1. The monoisotopic (exact) mass is 277 g/mol. The van der Waals surface area contributed by atoms with E-state index in [0.29, 0.717) is 9.92 Å². The molecular weight excluding hydrogens is 258 g/mol. The highest BCUT2D eigenvalue weighted by molar-refractivity contribution is 7.91. The van der Waals surface area contributed by atoms with E-state index < -0.39 is 9.84 Å². The van der Waals surface area contributed by atoms with E-state index in [9.17, 15) is 8.42 Å². The van der Waals surface area contributed by atoms with E-state index in [0.717, 1.165) is 31.2 Å². The lowest BCUT2D eigenvalue weighted by Gasteiger charge is -2.06. The Morgan fingerprint density at radius 1 is 1.05 bits per heavy atom. The van der Waals surface area contributed by atoms with Crippen molar-refractivity contribution in [2.75, 3.05) is 0 Å². The van der Waals surface area contributed by atoms with Crippen LogP contribution in [0.2, 0.25) is 0 Å². The maximum absolute atomic E-state index is 12.5. The van der Waals surface area contributed by atoms with Gasteiger partial charge in [0.2, 0.25) is 9.84 Å². The molecule has 3 nitrogen and oxygen atoms in total. The molecule has 0 aliphatic rings. The number of aromatic nitrogens is 1. The lowest BCUT2D eigenvalue weighted by molar-refractivity contribution is 0.590. The van der Waals surface area contributed by atoms with Crippen molar-refractivity contribution in [2.24, 2.45) is 0 Å². The molecule has 0 saturated carbocycles. The van der Waals surface area contributed by atoms with Gasteiger partial charge in [0.25, 0.3) is 0 Å². The lowest BCUT2D eigenvalue weighted by Crippen LogP contribution is -2.05. The Bertz CT molecular complexity index is 615. The Balaban J connectivity index is 2.29. The van der Waals surface area contributed by atoms with Gasteiger partial charge >= 0.3 is 0 Å². The number of aryl methyl sites for hydroxylation is 1. The summed E-state index contributed by atoms with van der Waals surface area (Å²) in [5, 5.41) is 0.342. The van der Waals surface area contributed by atoms with Crippen molar-refractivity contribution in [1.82, 2.24) is 4.98 Å². The number of hydrogen-bond acceptors (Lipinski definition) is 2. The van der Waals surface area contributed by atoms with Crippen molar-refractivity contribution in [3.8, 4) is 0 Å². The van der Waals surface area contributed by atoms with E-state index in [-0.39, 0.29) is 0 Å². The second kappa shape index (κ2) is 6.06. The summed E-state index contributed by atoms with van der Waals surface area (Å²) < 4.78 is 25.0. The zero-order valence-corrected chi connectivity index (χ0v) is 11.9. The van der Waals surface area contributed by atoms with Crippen LogP contribution >= 0.6 is 0 Å². The lowest BCUT2D eigenvalue weighted by atomic mass is 10.1. The van der Waals surface area contributed by atoms with Gasteiger partial charge in [0.15, 0.2) is 0 Å². The summed E-state index contributed by atoms with van der Waals surface area (Å²) in [6.45, 7) is 2.14. The molecule has 0 spiro atoms. The number of H-pyrrole nitrogens is 1. The summed E-state index contributed by atoms with van der Waals surface area (Å²) in [5.74, 6) is 0. The van der Waals surface area contributed by atoms with Gasteiger partial charge in [-0.2, -0.15) is 0 Å². The van der Waals surface area contributed by atoms with Crippen molar-refractivity contribution >= 4 is 9.84 Å². The van der Waals surface area contributed by atoms with Crippen LogP contribution in [-0.2, 0) is 16.3 Å². The number of nitrogens with one attached hydrogen (secondary N) is 1. The quantitative estimate of drug-likeness (QED) is 0.820. The molecule has 2 aromatic rings. The fourth-order valence-electron chi connectivity index (χ4n) is 2.12. The molecule has 0 atom stereocenters. The molecule has 2 rings (SSSR count). The van der Waals surface area contributed by atoms with E-state index in [1.165, 1.54) is 0 Å². The molecule has 0 aliphatic heterocycles. The number of hydrogen-bond donors (Lipinski definition) is 1. The number of aromatic amines is 1. The topological polar surface area (TPSA) is 49.9 Å². The summed E-state index contributed by atoms with van der Waals surface area (Å²) in [6.07, 6.45) is 5.78. The molecule has 1 heterocycles. The predicted molar refractivity (Wildman–Crippen MR) is 75.9 cm³/mol. The Morgan fingerprint density at radius 2 is 1.79 bits per heavy atom. The summed E-state index contributed by atoms with van der Waals surface area (Å²) in [5.41, 5.74) is 0.886. The van der Waals surface area contributed by atoms with Gasteiger partial charge in [0, 0.05) is 6.20 Å². The van der Waals surface area contributed by atoms with Gasteiger partial charge < -0.3 is 4.98 Å². The molecule has 1 aromatic heterocycles. The van der Waals surface area contributed by atoms with E-state index >= 15 is 0 Å². The summed E-state index contributed by atoms with van der Waals surface area (Å²) in [6, 6.07) is 10.4. The second-order valence-electron chi connectivity index (χ2n) is 4.61. The van der Waals surface area contributed by atoms with E-state index in [2.05, 4.69) is 11.9 Å². The number of sulfone groups is 1. The first-order valence-corrected chi connectivity index (χ1v) is 8.11. The minimum atomic E-state index is -3.42. The molecule has 0 radical (unpaired) electrons. The average molecular weight is 277 g/mol. The Kier molecular flexibility index (Phi) is 4.43. The van der Waals surface area contributed by atoms with Crippen molar-refractivity contribution in [2.45, 2.75) is 42.5 Å². The molecule has 0 fully saturated rings. The SMILES string of the molecule is CCCCCc1cc[nH]c1S(=O)(=O)c1ccccc1. The second-order valence-corrected chi connectivity index (χ2v) is 6.49. The van der Waals surface area contributed by atoms with Gasteiger partial charge in [-0.05, 0) is 36.6 Å². The van der Waals surface area contributed by atoms with Gasteiger partial charge in [-0.1, -0.05) is 38.0 Å². The smallest absolute Gasteiger partial charge is 0.222 e. The van der Waals surface area contributed by atoms with Crippen LogP contribution < -0.4 is 0 Å². The van der Waals surface area contributed by atoms with Crippen LogP contribution in [0.15, 0.2) is 52.5 Å². The zero-order chi connectivity index (χ0) is 13.7. The predicted octanol–water partition coefficient (Wildman–Crippen LogP) is 3.58. The van der Waals surface area contributed by atoms with Crippen LogP contribution in [0.1, 0.15) is 31.7 Å². The summed E-state index contributed by atoms with van der Waals surface area (Å²) in [7, 11) is -3.42. The number of unbranched alkanes of at least 4 members (excludes halogenated alkanes) is 2. The van der Waals surface area contributed by atoms with Crippen LogP contribution in [0, 0.1) is 0 Å². The fraction of sp³-hybridized carbons (Fsp3) is 0.333. The van der Waals surface area contributed by atoms with Gasteiger partial charge in [-0.15, -0.1) is 0 Å². The molecule has 0 amide bonds. The molecule has 1 N–H and O–H groups in total. The zero-order valence-electron chi connectivity index (χ0n) is 11.1. The fourth-order valence-corrected chi connectivity index (χ4v) is 3.61. The van der Waals surface area contributed by atoms with Crippen molar-refractivity contribution in [3.63, 3.8) is 0 Å². The largest absolute Gasteiger partial charge is 0.352 e. The van der Waals surface area contributed by atoms with Crippen LogP contribution in [0.3, 0.4) is 0 Å². The highest BCUT2D eigenvalue weighted by Gasteiger charge is 2.21. The van der Waals surface area contributed by atoms with E-state index in [1.807, 2.05) is 12.1 Å². The third kappa shape index (κ3) is 3.07. The average Bonchev–Trinajstić information content (AvgIpc) is 2.89. The summed E-state index contributed by atoms with van der Waals surface area (Å²) in [4.78, 5) is 3.23. The first-order chi connectivity index (χ1) is 9.16. The normalized spacial score (nSPS) is 11.6. The Labute approximate surface area is 114 Å². The molecule has 1 aromatic carbocycles. The highest BCUT2D eigenvalue weighted by Crippen LogP contribution is 2.23. The maximum atomic E-state index is 12.5. The minimum absolute atomic E-state index is 0.342. The molecule has 4 heteroatoms. The third-order valence-electron chi connectivity index (χ3n) is 3.16. The van der Waals surface area contributed by atoms with E-state index in [4.69, 9.17) is 0 Å². The van der Waals surface area contributed by atoms with Gasteiger partial charge in [-0.3, -0.25) is 0 Å². The van der Waals surface area contributed by atoms with Gasteiger partial charge in [0.1, 0.15) is 5.03 Å². The van der Waals surface area contributed by atoms with Crippen molar-refractivity contribution in [3.05, 3.63) is 48.2 Å². The van der Waals surface area contributed by atoms with Gasteiger partial charge in [-0.25, -0.2) is 8.42 Å². The standard InChI is InChI=1S/C15H19NO2S/c1-2-3-5-8-13-11-12-16-15(13)19(17,18)14-9-6-4-7-10-14/h4,6-7,9-12,16H,2-3,5,8H2,1H3. The molecule has 102 valence electrons.